The van der Waals surface area contributed by atoms with Crippen molar-refractivity contribution >= 4 is 17.6 Å². The fourth-order valence-electron chi connectivity index (χ4n) is 1.80. The Kier molecular flexibility index (Phi) is 5.41. The number of carbonyl (C=O) groups excluding carboxylic acids is 2. The number of ether oxygens (including phenoxy) is 2. The fraction of sp³-hybridized carbons (Fsp3) is 0.125. The summed E-state index contributed by atoms with van der Waals surface area (Å²) in [7, 11) is 1.03. The Morgan fingerprint density at radius 2 is 1.75 bits per heavy atom. The van der Waals surface area contributed by atoms with Gasteiger partial charge in [0.2, 0.25) is 0 Å². The molecule has 0 radical (unpaired) electrons. The van der Waals surface area contributed by atoms with Gasteiger partial charge in [-0.3, -0.25) is 4.79 Å². The SMILES string of the molecule is COC(=O)c1cc(NC(=O)COc2ccccc2F)c(F)cc1F. The van der Waals surface area contributed by atoms with Crippen LogP contribution in [0.1, 0.15) is 10.4 Å². The minimum Gasteiger partial charge on any atom is -0.481 e. The Labute approximate surface area is 135 Å². The number of halogens is 3. The van der Waals surface area contributed by atoms with Crippen LogP contribution in [0.25, 0.3) is 0 Å². The predicted octanol–water partition coefficient (Wildman–Crippen LogP) is 2.91. The van der Waals surface area contributed by atoms with E-state index in [0.717, 1.165) is 19.2 Å². The summed E-state index contributed by atoms with van der Waals surface area (Å²) in [5.74, 6) is -4.86. The van der Waals surface area contributed by atoms with Gasteiger partial charge in [0.15, 0.2) is 18.2 Å². The molecule has 2 rings (SSSR count). The van der Waals surface area contributed by atoms with Crippen molar-refractivity contribution in [2.75, 3.05) is 19.0 Å². The molecule has 0 spiro atoms. The van der Waals surface area contributed by atoms with Gasteiger partial charge < -0.3 is 14.8 Å². The van der Waals surface area contributed by atoms with Crippen LogP contribution < -0.4 is 10.1 Å². The van der Waals surface area contributed by atoms with Gasteiger partial charge >= 0.3 is 5.97 Å². The van der Waals surface area contributed by atoms with Gasteiger partial charge in [0.25, 0.3) is 5.91 Å². The summed E-state index contributed by atoms with van der Waals surface area (Å²) < 4.78 is 49.8. The minimum atomic E-state index is -1.13. The number of methoxy groups -OCH3 is 1. The number of hydrogen-bond acceptors (Lipinski definition) is 4. The number of esters is 1. The lowest BCUT2D eigenvalue weighted by molar-refractivity contribution is -0.118. The Morgan fingerprint density at radius 3 is 2.42 bits per heavy atom. The Morgan fingerprint density at radius 1 is 1.04 bits per heavy atom. The van der Waals surface area contributed by atoms with Crippen molar-refractivity contribution in [1.29, 1.82) is 0 Å². The zero-order valence-electron chi connectivity index (χ0n) is 12.4. The van der Waals surface area contributed by atoms with Crippen molar-refractivity contribution in [2.24, 2.45) is 0 Å². The first kappa shape index (κ1) is 17.3. The van der Waals surface area contributed by atoms with E-state index in [1.807, 2.05) is 0 Å². The molecule has 2 aromatic carbocycles. The van der Waals surface area contributed by atoms with Gasteiger partial charge in [0.05, 0.1) is 18.4 Å². The molecule has 0 unspecified atom stereocenters. The van der Waals surface area contributed by atoms with Gasteiger partial charge in [-0.25, -0.2) is 18.0 Å². The lowest BCUT2D eigenvalue weighted by atomic mass is 10.1. The Hall–Kier alpha value is -3.03. The highest BCUT2D eigenvalue weighted by atomic mass is 19.1. The second kappa shape index (κ2) is 7.49. The highest BCUT2D eigenvalue weighted by molar-refractivity contribution is 5.95. The van der Waals surface area contributed by atoms with Crippen molar-refractivity contribution in [3.63, 3.8) is 0 Å². The summed E-state index contributed by atoms with van der Waals surface area (Å²) in [6.07, 6.45) is 0. The van der Waals surface area contributed by atoms with Crippen LogP contribution >= 0.6 is 0 Å². The van der Waals surface area contributed by atoms with Crippen molar-refractivity contribution in [3.8, 4) is 5.75 Å². The van der Waals surface area contributed by atoms with Crippen LogP contribution in [0.4, 0.5) is 18.9 Å². The molecule has 8 heteroatoms. The zero-order valence-corrected chi connectivity index (χ0v) is 12.4. The molecule has 0 aliphatic heterocycles. The van der Waals surface area contributed by atoms with E-state index in [1.54, 1.807) is 0 Å². The summed E-state index contributed by atoms with van der Waals surface area (Å²) in [6.45, 7) is -0.606. The van der Waals surface area contributed by atoms with Crippen molar-refractivity contribution < 1.29 is 32.2 Å². The molecule has 0 atom stereocenters. The molecule has 126 valence electrons. The highest BCUT2D eigenvalue weighted by Gasteiger charge is 2.18. The summed E-state index contributed by atoms with van der Waals surface area (Å²) >= 11 is 0. The zero-order chi connectivity index (χ0) is 17.7. The molecule has 0 saturated heterocycles. The molecule has 0 aliphatic carbocycles. The molecule has 0 aliphatic rings. The standard InChI is InChI=1S/C16H12F3NO4/c1-23-16(22)9-6-13(12(19)7-11(9)18)20-15(21)8-24-14-5-3-2-4-10(14)17/h2-7H,8H2,1H3,(H,20,21). The van der Waals surface area contributed by atoms with Gasteiger partial charge in [-0.05, 0) is 18.2 Å². The number of amides is 1. The predicted molar refractivity (Wildman–Crippen MR) is 78.2 cm³/mol. The molecule has 0 saturated carbocycles. The number of anilines is 1. The van der Waals surface area contributed by atoms with E-state index in [-0.39, 0.29) is 5.75 Å². The van der Waals surface area contributed by atoms with Gasteiger partial charge in [-0.15, -0.1) is 0 Å². The van der Waals surface area contributed by atoms with Crippen molar-refractivity contribution in [1.82, 2.24) is 0 Å². The van der Waals surface area contributed by atoms with Gasteiger partial charge in [-0.1, -0.05) is 12.1 Å². The van der Waals surface area contributed by atoms with Crippen LogP contribution in [0.3, 0.4) is 0 Å². The maximum absolute atomic E-state index is 13.7. The first-order valence-electron chi connectivity index (χ1n) is 6.67. The molecule has 0 bridgehead atoms. The van der Waals surface area contributed by atoms with Gasteiger partial charge in [0, 0.05) is 6.07 Å². The fourth-order valence-corrected chi connectivity index (χ4v) is 1.80. The highest BCUT2D eigenvalue weighted by Crippen LogP contribution is 2.21. The summed E-state index contributed by atoms with van der Waals surface area (Å²) in [5, 5.41) is 2.11. The summed E-state index contributed by atoms with van der Waals surface area (Å²) in [6, 6.07) is 6.67. The molecule has 0 heterocycles. The van der Waals surface area contributed by atoms with Gasteiger partial charge in [-0.2, -0.15) is 0 Å². The van der Waals surface area contributed by atoms with E-state index in [4.69, 9.17) is 4.74 Å². The molecular formula is C16H12F3NO4. The molecule has 0 fully saturated rings. The van der Waals surface area contributed by atoms with E-state index in [1.165, 1.54) is 18.2 Å². The molecule has 1 amide bonds. The average molecular weight is 339 g/mol. The quantitative estimate of drug-likeness (QED) is 0.851. The van der Waals surface area contributed by atoms with E-state index < -0.39 is 47.2 Å². The lowest BCUT2D eigenvalue weighted by Gasteiger charge is -2.10. The largest absolute Gasteiger partial charge is 0.481 e. The Balaban J connectivity index is 2.08. The van der Waals surface area contributed by atoms with Crippen LogP contribution in [0.5, 0.6) is 5.75 Å². The summed E-state index contributed by atoms with van der Waals surface area (Å²) in [5.41, 5.74) is -0.969. The van der Waals surface area contributed by atoms with E-state index in [2.05, 4.69) is 10.1 Å². The maximum Gasteiger partial charge on any atom is 0.340 e. The molecule has 5 nitrogen and oxygen atoms in total. The maximum atomic E-state index is 13.7. The average Bonchev–Trinajstić information content (AvgIpc) is 2.56. The number of benzene rings is 2. The third-order valence-electron chi connectivity index (χ3n) is 2.93. The third-order valence-corrected chi connectivity index (χ3v) is 2.93. The smallest absolute Gasteiger partial charge is 0.340 e. The first-order valence-corrected chi connectivity index (χ1v) is 6.67. The van der Waals surface area contributed by atoms with Crippen molar-refractivity contribution in [3.05, 3.63) is 59.4 Å². The summed E-state index contributed by atoms with van der Waals surface area (Å²) in [4.78, 5) is 23.1. The lowest BCUT2D eigenvalue weighted by Crippen LogP contribution is -2.21. The molecule has 0 aromatic heterocycles. The number of carbonyl (C=O) groups is 2. The second-order valence-electron chi connectivity index (χ2n) is 4.57. The van der Waals surface area contributed by atoms with Crippen LogP contribution in [-0.2, 0) is 9.53 Å². The van der Waals surface area contributed by atoms with E-state index in [9.17, 15) is 22.8 Å². The van der Waals surface area contributed by atoms with Crippen LogP contribution in [-0.4, -0.2) is 25.6 Å². The third kappa shape index (κ3) is 4.03. The number of nitrogens with one attached hydrogen (secondary N) is 1. The second-order valence-corrected chi connectivity index (χ2v) is 4.57. The van der Waals surface area contributed by atoms with Crippen LogP contribution in [0.2, 0.25) is 0 Å². The number of para-hydroxylation sites is 1. The topological polar surface area (TPSA) is 64.6 Å². The minimum absolute atomic E-state index is 0.150. The molecule has 24 heavy (non-hydrogen) atoms. The monoisotopic (exact) mass is 339 g/mol. The van der Waals surface area contributed by atoms with Crippen LogP contribution in [0.15, 0.2) is 36.4 Å². The van der Waals surface area contributed by atoms with Crippen LogP contribution in [0, 0.1) is 17.5 Å². The molecule has 1 N–H and O–H groups in total. The Bertz CT molecular complexity index is 780. The molecular weight excluding hydrogens is 327 g/mol. The van der Waals surface area contributed by atoms with E-state index >= 15 is 0 Å². The first-order chi connectivity index (χ1) is 11.4. The van der Waals surface area contributed by atoms with Crippen molar-refractivity contribution in [2.45, 2.75) is 0 Å². The number of hydrogen-bond donors (Lipinski definition) is 1. The number of rotatable bonds is 5. The van der Waals surface area contributed by atoms with Gasteiger partial charge in [0.1, 0.15) is 11.6 Å². The normalized spacial score (nSPS) is 10.2. The molecule has 2 aromatic rings. The van der Waals surface area contributed by atoms with E-state index in [0.29, 0.717) is 6.07 Å².